The molecule has 0 amide bonds. The molecule has 0 saturated heterocycles. The molecule has 0 aliphatic carbocycles. The van der Waals surface area contributed by atoms with Gasteiger partial charge in [-0.05, 0) is 0 Å². The minimum absolute atomic E-state index is 0.0741. The molecular weight excluding hydrogens is 80.0 g/mol. The van der Waals surface area contributed by atoms with E-state index in [1.165, 1.54) is 6.20 Å². The summed E-state index contributed by atoms with van der Waals surface area (Å²) in [6.07, 6.45) is 1.29. The third kappa shape index (κ3) is 0.314. The van der Waals surface area contributed by atoms with Gasteiger partial charge in [0.1, 0.15) is 0 Å². The average molecular weight is 82.1 g/mol. The highest BCUT2D eigenvalue weighted by Crippen LogP contribution is 1.85. The lowest BCUT2D eigenvalue weighted by atomic mass is 10.8. The van der Waals surface area contributed by atoms with Crippen molar-refractivity contribution in [2.45, 2.75) is 0 Å². The molecule has 0 aliphatic heterocycles. The van der Waals surface area contributed by atoms with Crippen LogP contribution < -0.4 is 5.73 Å². The second-order valence-electron chi connectivity index (χ2n) is 0.832. The fourth-order valence-electron chi connectivity index (χ4n) is 0.196. The molecule has 1 rings (SSSR count). The van der Waals surface area contributed by atoms with E-state index in [1.54, 1.807) is 0 Å². The molecule has 1 heterocycles. The second-order valence-corrected chi connectivity index (χ2v) is 0.832. The van der Waals surface area contributed by atoms with Crippen LogP contribution in [0.4, 0.5) is 5.82 Å². The molecule has 0 aliphatic rings. The fourth-order valence-corrected chi connectivity index (χ4v) is 0.196. The lowest BCUT2D eigenvalue weighted by Gasteiger charge is -1.56. The van der Waals surface area contributed by atoms with E-state index in [9.17, 15) is 0 Å². The highest BCUT2D eigenvalue weighted by atomic mass is 15.3. The van der Waals surface area contributed by atoms with Gasteiger partial charge in [-0.3, -0.25) is 5.10 Å². The lowest BCUT2D eigenvalue weighted by Crippen LogP contribution is -1.65. The van der Waals surface area contributed by atoms with Gasteiger partial charge in [-0.2, -0.15) is 0 Å². The summed E-state index contributed by atoms with van der Waals surface area (Å²) in [5.74, 6) is -0.0741. The Labute approximate surface area is 34.4 Å². The number of nitrogens with one attached hydrogen (secondary N) is 1. The van der Waals surface area contributed by atoms with Crippen LogP contribution in [0.1, 0.15) is 0 Å². The predicted octanol–water partition coefficient (Wildman–Crippen LogP) is -0.495. The second kappa shape index (κ2) is 0.965. The zero-order valence-corrected chi connectivity index (χ0v) is 2.92. The summed E-state index contributed by atoms with van der Waals surface area (Å²) >= 11 is 0. The number of H-pyrrole nitrogens is 1. The number of nitrogens with zero attached hydrogens (tertiary/aromatic N) is 3. The van der Waals surface area contributed by atoms with E-state index < -0.39 is 0 Å². The Balaban J connectivity index is 3.05. The van der Waals surface area contributed by atoms with Gasteiger partial charge >= 0.3 is 0 Å². The summed E-state index contributed by atoms with van der Waals surface area (Å²) < 4.78 is 0. The fraction of sp³-hybridized carbons (Fsp3) is 0. The first kappa shape index (κ1) is 3.14. The van der Waals surface area contributed by atoms with Crippen molar-refractivity contribution in [3.05, 3.63) is 6.20 Å². The molecule has 1 aromatic rings. The molecular formula is C2H2N4. The molecule has 0 unspecified atom stereocenters. The summed E-state index contributed by atoms with van der Waals surface area (Å²) in [6.45, 7) is 0. The van der Waals surface area contributed by atoms with E-state index in [4.69, 9.17) is 5.73 Å². The molecule has 2 radical (unpaired) electrons. The van der Waals surface area contributed by atoms with Crippen molar-refractivity contribution in [1.29, 1.82) is 0 Å². The first-order valence-electron chi connectivity index (χ1n) is 1.45. The maximum absolute atomic E-state index is 8.27. The van der Waals surface area contributed by atoms with Gasteiger partial charge in [-0.25, -0.2) is 0 Å². The van der Waals surface area contributed by atoms with Gasteiger partial charge in [0.15, 0.2) is 0 Å². The van der Waals surface area contributed by atoms with E-state index in [0.29, 0.717) is 0 Å². The van der Waals surface area contributed by atoms with Crippen molar-refractivity contribution in [1.82, 2.24) is 21.1 Å². The van der Waals surface area contributed by atoms with E-state index in [-0.39, 0.29) is 5.82 Å². The SMILES string of the molecule is [N]c1c[nH]nn1. The highest BCUT2D eigenvalue weighted by Gasteiger charge is 1.81. The molecule has 0 atom stereocenters. The Morgan fingerprint density at radius 1 is 1.83 bits per heavy atom. The van der Waals surface area contributed by atoms with Crippen molar-refractivity contribution in [2.24, 2.45) is 0 Å². The van der Waals surface area contributed by atoms with Crippen molar-refractivity contribution in [2.75, 3.05) is 0 Å². The van der Waals surface area contributed by atoms with Gasteiger partial charge in [-0.15, -0.1) is 10.8 Å². The van der Waals surface area contributed by atoms with Crippen molar-refractivity contribution < 1.29 is 0 Å². The minimum Gasteiger partial charge on any atom is -0.263 e. The topological polar surface area (TPSA) is 63.9 Å². The maximum Gasteiger partial charge on any atom is 0.215 e. The van der Waals surface area contributed by atoms with Gasteiger partial charge in [-0.1, -0.05) is 5.21 Å². The van der Waals surface area contributed by atoms with E-state index in [2.05, 4.69) is 15.4 Å². The zero-order valence-electron chi connectivity index (χ0n) is 2.92. The van der Waals surface area contributed by atoms with Crippen LogP contribution in [0.2, 0.25) is 0 Å². The van der Waals surface area contributed by atoms with E-state index in [0.717, 1.165) is 0 Å². The monoisotopic (exact) mass is 82.0 g/mol. The Bertz CT molecular complexity index is 109. The van der Waals surface area contributed by atoms with Crippen LogP contribution in [0.5, 0.6) is 0 Å². The number of hydrogen-bond donors (Lipinski definition) is 1. The molecule has 0 fully saturated rings. The minimum atomic E-state index is -0.0741. The van der Waals surface area contributed by atoms with Crippen LogP contribution in [0.15, 0.2) is 6.20 Å². The largest absolute Gasteiger partial charge is 0.263 e. The first-order chi connectivity index (χ1) is 2.89. The third-order valence-electron chi connectivity index (χ3n) is 0.404. The van der Waals surface area contributed by atoms with Gasteiger partial charge in [0.2, 0.25) is 5.82 Å². The quantitative estimate of drug-likeness (QED) is 0.458. The van der Waals surface area contributed by atoms with Gasteiger partial charge < -0.3 is 0 Å². The Morgan fingerprint density at radius 2 is 2.67 bits per heavy atom. The summed E-state index contributed by atoms with van der Waals surface area (Å²) in [6, 6.07) is 0. The van der Waals surface area contributed by atoms with Crippen molar-refractivity contribution in [3.8, 4) is 0 Å². The smallest absolute Gasteiger partial charge is 0.215 e. The average Bonchev–Trinajstić information content (AvgIpc) is 1.86. The Morgan fingerprint density at radius 3 is 2.83 bits per heavy atom. The lowest BCUT2D eigenvalue weighted by molar-refractivity contribution is 0.938. The number of aromatic nitrogens is 3. The summed E-state index contributed by atoms with van der Waals surface area (Å²) in [5.41, 5.74) is 8.27. The summed E-state index contributed by atoms with van der Waals surface area (Å²) in [7, 11) is 0. The molecule has 6 heavy (non-hydrogen) atoms. The third-order valence-corrected chi connectivity index (χ3v) is 0.404. The summed E-state index contributed by atoms with van der Waals surface area (Å²) in [5, 5.41) is 8.68. The normalized spacial score (nSPS) is 8.67. The molecule has 1 N–H and O–H groups in total. The molecule has 4 nitrogen and oxygen atoms in total. The Kier molecular flexibility index (Phi) is 0.506. The molecule has 0 bridgehead atoms. The number of hydrogen-bond acceptors (Lipinski definition) is 2. The molecule has 0 aromatic carbocycles. The van der Waals surface area contributed by atoms with Gasteiger partial charge in [0.25, 0.3) is 0 Å². The van der Waals surface area contributed by atoms with Crippen LogP contribution in [0, 0.1) is 0 Å². The summed E-state index contributed by atoms with van der Waals surface area (Å²) in [4.78, 5) is 0. The van der Waals surface area contributed by atoms with Crippen LogP contribution in [0.3, 0.4) is 0 Å². The molecule has 30 valence electrons. The first-order valence-corrected chi connectivity index (χ1v) is 1.45. The van der Waals surface area contributed by atoms with Gasteiger partial charge in [0.05, 0.1) is 6.20 Å². The maximum atomic E-state index is 8.27. The predicted molar refractivity (Wildman–Crippen MR) is 18.2 cm³/mol. The van der Waals surface area contributed by atoms with E-state index in [1.807, 2.05) is 0 Å². The zero-order chi connectivity index (χ0) is 4.41. The highest BCUT2D eigenvalue weighted by molar-refractivity contribution is 5.12. The van der Waals surface area contributed by atoms with Crippen molar-refractivity contribution in [3.63, 3.8) is 0 Å². The van der Waals surface area contributed by atoms with Crippen LogP contribution in [0.25, 0.3) is 0 Å². The van der Waals surface area contributed by atoms with Gasteiger partial charge in [0, 0.05) is 0 Å². The number of aromatic amines is 1. The Hall–Kier alpha value is -1.06. The van der Waals surface area contributed by atoms with Crippen molar-refractivity contribution >= 4 is 5.82 Å². The van der Waals surface area contributed by atoms with E-state index >= 15 is 0 Å². The molecule has 0 spiro atoms. The van der Waals surface area contributed by atoms with Crippen LogP contribution >= 0.6 is 0 Å². The molecule has 0 saturated carbocycles. The van der Waals surface area contributed by atoms with Crippen LogP contribution in [-0.2, 0) is 0 Å². The number of rotatable bonds is 0. The molecule has 4 heteroatoms. The van der Waals surface area contributed by atoms with Crippen LogP contribution in [-0.4, -0.2) is 15.4 Å². The standard InChI is InChI=1S/C2H2N4/c3-2-1-4-6-5-2/h1H,(H,4,5,6). The molecule has 1 aromatic heterocycles.